The van der Waals surface area contributed by atoms with Gasteiger partial charge in [-0.2, -0.15) is 0 Å². The van der Waals surface area contributed by atoms with Gasteiger partial charge in [-0.05, 0) is 42.7 Å². The van der Waals surface area contributed by atoms with Crippen molar-refractivity contribution in [2.45, 2.75) is 45.1 Å². The molecule has 1 unspecified atom stereocenters. The second-order valence-corrected chi connectivity index (χ2v) is 5.74. The summed E-state index contributed by atoms with van der Waals surface area (Å²) in [5, 5.41) is 11.6. The molecule has 1 saturated carbocycles. The van der Waals surface area contributed by atoms with Gasteiger partial charge in [0.25, 0.3) is 5.91 Å². The Bertz CT molecular complexity index is 492. The summed E-state index contributed by atoms with van der Waals surface area (Å²) >= 11 is 0. The van der Waals surface area contributed by atoms with E-state index < -0.39 is 17.9 Å². The number of carbonyl (C=O) groups excluding carboxylic acids is 1. The van der Waals surface area contributed by atoms with E-state index in [2.05, 4.69) is 10.3 Å². The molecular weight excluding hydrogens is 256 g/mol. The van der Waals surface area contributed by atoms with Crippen molar-refractivity contribution in [3.05, 3.63) is 29.6 Å². The lowest BCUT2D eigenvalue weighted by Gasteiger charge is -2.16. The van der Waals surface area contributed by atoms with Crippen molar-refractivity contribution in [3.63, 3.8) is 0 Å². The average molecular weight is 276 g/mol. The number of carboxylic acid groups (broad SMARTS) is 1. The third-order valence-electron chi connectivity index (χ3n) is 3.38. The SMILES string of the molecule is CC(C)CC(NC(=O)c1ccc(C2CC2)cn1)C(=O)O. The minimum absolute atomic E-state index is 0.196. The predicted octanol–water partition coefficient (Wildman–Crippen LogP) is 2.19. The van der Waals surface area contributed by atoms with Gasteiger partial charge in [-0.3, -0.25) is 9.78 Å². The number of nitrogens with zero attached hydrogens (tertiary/aromatic N) is 1. The molecule has 1 atom stereocenters. The van der Waals surface area contributed by atoms with Gasteiger partial charge in [0.2, 0.25) is 0 Å². The van der Waals surface area contributed by atoms with Crippen molar-refractivity contribution < 1.29 is 14.7 Å². The Labute approximate surface area is 118 Å². The van der Waals surface area contributed by atoms with Crippen LogP contribution in [0, 0.1) is 5.92 Å². The van der Waals surface area contributed by atoms with Gasteiger partial charge in [0, 0.05) is 6.20 Å². The Morgan fingerprint density at radius 3 is 2.55 bits per heavy atom. The van der Waals surface area contributed by atoms with Crippen LogP contribution in [0.15, 0.2) is 18.3 Å². The molecule has 1 heterocycles. The number of pyridine rings is 1. The van der Waals surface area contributed by atoms with E-state index in [0.717, 1.165) is 5.56 Å². The first kappa shape index (κ1) is 14.5. The largest absolute Gasteiger partial charge is 0.480 e. The summed E-state index contributed by atoms with van der Waals surface area (Å²) in [5.41, 5.74) is 1.42. The van der Waals surface area contributed by atoms with Gasteiger partial charge in [-0.15, -0.1) is 0 Å². The molecule has 1 aliphatic carbocycles. The van der Waals surface area contributed by atoms with Crippen LogP contribution in [-0.2, 0) is 4.79 Å². The second kappa shape index (κ2) is 6.03. The molecule has 1 fully saturated rings. The smallest absolute Gasteiger partial charge is 0.326 e. The lowest BCUT2D eigenvalue weighted by Crippen LogP contribution is -2.41. The molecule has 1 aromatic heterocycles. The van der Waals surface area contributed by atoms with Crippen molar-refractivity contribution in [3.8, 4) is 0 Å². The van der Waals surface area contributed by atoms with Gasteiger partial charge in [-0.1, -0.05) is 19.9 Å². The summed E-state index contributed by atoms with van der Waals surface area (Å²) in [5.74, 6) is -0.657. The van der Waals surface area contributed by atoms with Crippen LogP contribution >= 0.6 is 0 Å². The van der Waals surface area contributed by atoms with Crippen molar-refractivity contribution in [1.82, 2.24) is 10.3 Å². The molecule has 2 N–H and O–H groups in total. The fourth-order valence-electron chi connectivity index (χ4n) is 2.12. The Balaban J connectivity index is 2.00. The highest BCUT2D eigenvalue weighted by Crippen LogP contribution is 2.39. The van der Waals surface area contributed by atoms with Crippen LogP contribution in [0.1, 0.15) is 55.1 Å². The molecule has 1 aromatic rings. The first-order valence-corrected chi connectivity index (χ1v) is 6.97. The van der Waals surface area contributed by atoms with Gasteiger partial charge in [0.05, 0.1) is 0 Å². The Morgan fingerprint density at radius 2 is 2.10 bits per heavy atom. The zero-order chi connectivity index (χ0) is 14.7. The molecule has 0 saturated heterocycles. The van der Waals surface area contributed by atoms with E-state index in [9.17, 15) is 9.59 Å². The molecule has 108 valence electrons. The lowest BCUT2D eigenvalue weighted by atomic mass is 10.0. The quantitative estimate of drug-likeness (QED) is 0.834. The molecule has 0 spiro atoms. The number of aliphatic carboxylic acids is 1. The maximum Gasteiger partial charge on any atom is 0.326 e. The Morgan fingerprint density at radius 1 is 1.40 bits per heavy atom. The summed E-state index contributed by atoms with van der Waals surface area (Å²) in [6.45, 7) is 3.84. The molecule has 2 rings (SSSR count). The van der Waals surface area contributed by atoms with E-state index >= 15 is 0 Å². The average Bonchev–Trinajstić information content (AvgIpc) is 3.21. The molecule has 0 radical (unpaired) electrons. The second-order valence-electron chi connectivity index (χ2n) is 5.74. The molecular formula is C15H20N2O3. The summed E-state index contributed by atoms with van der Waals surface area (Å²) in [6.07, 6.45) is 4.48. The number of hydrogen-bond acceptors (Lipinski definition) is 3. The molecule has 20 heavy (non-hydrogen) atoms. The number of amides is 1. The fraction of sp³-hybridized carbons (Fsp3) is 0.533. The van der Waals surface area contributed by atoms with Crippen LogP contribution in [0.5, 0.6) is 0 Å². The maximum absolute atomic E-state index is 12.0. The highest BCUT2D eigenvalue weighted by Gasteiger charge is 2.25. The standard InChI is InChI=1S/C15H20N2O3/c1-9(2)7-13(15(19)20)17-14(18)12-6-5-11(8-16-12)10-3-4-10/h5-6,8-10,13H,3-4,7H2,1-2H3,(H,17,18)(H,19,20). The van der Waals surface area contributed by atoms with Crippen molar-refractivity contribution >= 4 is 11.9 Å². The van der Waals surface area contributed by atoms with Crippen LogP contribution < -0.4 is 5.32 Å². The van der Waals surface area contributed by atoms with Crippen molar-refractivity contribution in [2.75, 3.05) is 0 Å². The lowest BCUT2D eigenvalue weighted by molar-refractivity contribution is -0.139. The highest BCUT2D eigenvalue weighted by atomic mass is 16.4. The van der Waals surface area contributed by atoms with Crippen LogP contribution in [-0.4, -0.2) is 28.0 Å². The minimum Gasteiger partial charge on any atom is -0.480 e. The van der Waals surface area contributed by atoms with Crippen molar-refractivity contribution in [2.24, 2.45) is 5.92 Å². The summed E-state index contributed by atoms with van der Waals surface area (Å²) in [4.78, 5) is 27.2. The molecule has 5 heteroatoms. The summed E-state index contributed by atoms with van der Waals surface area (Å²) in [7, 11) is 0. The molecule has 0 bridgehead atoms. The zero-order valence-electron chi connectivity index (χ0n) is 11.8. The molecule has 1 aliphatic rings. The predicted molar refractivity (Wildman–Crippen MR) is 74.6 cm³/mol. The van der Waals surface area contributed by atoms with Gasteiger partial charge in [-0.25, -0.2) is 4.79 Å². The van der Waals surface area contributed by atoms with Crippen molar-refractivity contribution in [1.29, 1.82) is 0 Å². The third kappa shape index (κ3) is 3.79. The first-order chi connectivity index (χ1) is 9.47. The number of rotatable bonds is 6. The van der Waals surface area contributed by atoms with Gasteiger partial charge in [0.1, 0.15) is 11.7 Å². The molecule has 0 aromatic carbocycles. The van der Waals surface area contributed by atoms with E-state index in [1.165, 1.54) is 12.8 Å². The highest BCUT2D eigenvalue weighted by molar-refractivity contribution is 5.94. The van der Waals surface area contributed by atoms with E-state index in [4.69, 9.17) is 5.11 Å². The van der Waals surface area contributed by atoms with Gasteiger partial charge < -0.3 is 10.4 Å². The minimum atomic E-state index is -1.01. The number of hydrogen-bond donors (Lipinski definition) is 2. The summed E-state index contributed by atoms with van der Waals surface area (Å²) in [6, 6.07) is 2.70. The first-order valence-electron chi connectivity index (χ1n) is 6.97. The summed E-state index contributed by atoms with van der Waals surface area (Å²) < 4.78 is 0. The van der Waals surface area contributed by atoms with Crippen LogP contribution in [0.2, 0.25) is 0 Å². The van der Waals surface area contributed by atoms with E-state index in [-0.39, 0.29) is 11.6 Å². The van der Waals surface area contributed by atoms with E-state index in [0.29, 0.717) is 12.3 Å². The topological polar surface area (TPSA) is 79.3 Å². The van der Waals surface area contributed by atoms with Crippen LogP contribution in [0.3, 0.4) is 0 Å². The van der Waals surface area contributed by atoms with Crippen LogP contribution in [0.4, 0.5) is 0 Å². The van der Waals surface area contributed by atoms with E-state index in [1.807, 2.05) is 19.9 Å². The molecule has 0 aliphatic heterocycles. The number of aromatic nitrogens is 1. The maximum atomic E-state index is 12.0. The molecule has 1 amide bonds. The normalized spacial score (nSPS) is 15.9. The Hall–Kier alpha value is -1.91. The van der Waals surface area contributed by atoms with E-state index in [1.54, 1.807) is 12.3 Å². The third-order valence-corrected chi connectivity index (χ3v) is 3.38. The van der Waals surface area contributed by atoms with Gasteiger partial charge >= 0.3 is 5.97 Å². The van der Waals surface area contributed by atoms with Crippen LogP contribution in [0.25, 0.3) is 0 Å². The van der Waals surface area contributed by atoms with Gasteiger partial charge in [0.15, 0.2) is 0 Å². The Kier molecular flexibility index (Phi) is 4.37. The molecule has 5 nitrogen and oxygen atoms in total. The zero-order valence-corrected chi connectivity index (χ0v) is 11.8. The number of nitrogens with one attached hydrogen (secondary N) is 1. The number of carbonyl (C=O) groups is 2. The monoisotopic (exact) mass is 276 g/mol. The fourth-order valence-corrected chi connectivity index (χ4v) is 2.12. The number of carboxylic acids is 1.